The topological polar surface area (TPSA) is 88.5 Å². The van der Waals surface area contributed by atoms with E-state index in [4.69, 9.17) is 4.55 Å². The van der Waals surface area contributed by atoms with Crippen LogP contribution in [0.3, 0.4) is 0 Å². The molecule has 1 aliphatic rings. The van der Waals surface area contributed by atoms with Crippen molar-refractivity contribution in [2.24, 2.45) is 0 Å². The Morgan fingerprint density at radius 2 is 1.92 bits per heavy atom. The SMILES string of the molecule is O=S1(=O)CCC(S(=O)(=O)O)C(Br)C1. The average Bonchev–Trinajstić information content (AvgIpc) is 1.80. The Labute approximate surface area is 85.3 Å². The first-order valence-electron chi connectivity index (χ1n) is 3.53. The molecule has 0 amide bonds. The molecule has 1 saturated heterocycles. The molecular formula is C5H9BrO5S2. The van der Waals surface area contributed by atoms with Gasteiger partial charge in [-0.05, 0) is 6.42 Å². The van der Waals surface area contributed by atoms with Gasteiger partial charge in [-0.1, -0.05) is 15.9 Å². The summed E-state index contributed by atoms with van der Waals surface area (Å²) < 4.78 is 52.3. The van der Waals surface area contributed by atoms with Crippen molar-refractivity contribution < 1.29 is 21.4 Å². The predicted octanol–water partition coefficient (Wildman–Crippen LogP) is -0.175. The maximum Gasteiger partial charge on any atom is 0.268 e. The molecule has 1 heterocycles. The Kier molecular flexibility index (Phi) is 3.06. The fourth-order valence-corrected chi connectivity index (χ4v) is 6.19. The summed E-state index contributed by atoms with van der Waals surface area (Å²) in [5.41, 5.74) is 0. The summed E-state index contributed by atoms with van der Waals surface area (Å²) in [5, 5.41) is -1.00. The van der Waals surface area contributed by atoms with Crippen LogP contribution in [-0.2, 0) is 20.0 Å². The van der Waals surface area contributed by atoms with E-state index in [1.165, 1.54) is 0 Å². The lowest BCUT2D eigenvalue weighted by atomic mass is 10.2. The van der Waals surface area contributed by atoms with Crippen molar-refractivity contribution in [3.05, 3.63) is 0 Å². The van der Waals surface area contributed by atoms with E-state index in [0.29, 0.717) is 0 Å². The molecule has 13 heavy (non-hydrogen) atoms. The number of alkyl halides is 1. The fourth-order valence-electron chi connectivity index (χ4n) is 1.25. The van der Waals surface area contributed by atoms with Crippen LogP contribution >= 0.6 is 15.9 Å². The normalized spacial score (nSPS) is 34.3. The first-order valence-corrected chi connectivity index (χ1v) is 7.77. The van der Waals surface area contributed by atoms with Crippen molar-refractivity contribution in [1.82, 2.24) is 0 Å². The summed E-state index contributed by atoms with van der Waals surface area (Å²) >= 11 is 2.95. The molecule has 0 aromatic heterocycles. The van der Waals surface area contributed by atoms with Crippen LogP contribution in [0.4, 0.5) is 0 Å². The standard InChI is InChI=1S/C5H9BrO5S2/c6-4-3-12(7,8)2-1-5(4)13(9,10)11/h4-5H,1-3H2,(H,9,10,11). The first-order chi connectivity index (χ1) is 5.72. The molecule has 0 bridgehead atoms. The Morgan fingerprint density at radius 3 is 2.31 bits per heavy atom. The van der Waals surface area contributed by atoms with Crippen LogP contribution in [0.15, 0.2) is 0 Å². The van der Waals surface area contributed by atoms with Gasteiger partial charge in [0.05, 0.1) is 11.5 Å². The third-order valence-corrected chi connectivity index (χ3v) is 6.71. The first kappa shape index (κ1) is 11.4. The molecule has 2 atom stereocenters. The van der Waals surface area contributed by atoms with E-state index in [2.05, 4.69) is 15.9 Å². The third kappa shape index (κ3) is 2.90. The zero-order valence-corrected chi connectivity index (χ0v) is 9.77. The zero-order chi connectivity index (χ0) is 10.3. The van der Waals surface area contributed by atoms with Gasteiger partial charge in [-0.3, -0.25) is 4.55 Å². The summed E-state index contributed by atoms with van der Waals surface area (Å²) in [6.45, 7) is 0. The Balaban J connectivity index is 2.88. The Morgan fingerprint density at radius 1 is 1.38 bits per heavy atom. The molecule has 0 aromatic carbocycles. The number of sulfone groups is 1. The average molecular weight is 293 g/mol. The van der Waals surface area contributed by atoms with Crippen molar-refractivity contribution in [2.45, 2.75) is 16.5 Å². The van der Waals surface area contributed by atoms with Crippen LogP contribution in [0.5, 0.6) is 0 Å². The highest BCUT2D eigenvalue weighted by Gasteiger charge is 2.38. The number of rotatable bonds is 1. The molecule has 1 aliphatic heterocycles. The molecule has 0 saturated carbocycles. The maximum absolute atomic E-state index is 11.0. The molecule has 0 radical (unpaired) electrons. The van der Waals surface area contributed by atoms with Crippen LogP contribution < -0.4 is 0 Å². The van der Waals surface area contributed by atoms with Crippen LogP contribution in [-0.4, -0.2) is 43.0 Å². The van der Waals surface area contributed by atoms with Crippen molar-refractivity contribution in [1.29, 1.82) is 0 Å². The summed E-state index contributed by atoms with van der Waals surface area (Å²) in [6, 6.07) is 0. The fraction of sp³-hybridized carbons (Fsp3) is 1.00. The van der Waals surface area contributed by atoms with E-state index in [1.807, 2.05) is 0 Å². The number of halogens is 1. The smallest absolute Gasteiger partial charge is 0.268 e. The Hall–Kier alpha value is 0.340. The lowest BCUT2D eigenvalue weighted by molar-refractivity contribution is 0.461. The monoisotopic (exact) mass is 292 g/mol. The summed E-state index contributed by atoms with van der Waals surface area (Å²) in [5.74, 6) is -0.420. The minimum absolute atomic E-state index is 0.0446. The van der Waals surface area contributed by atoms with E-state index in [0.717, 1.165) is 0 Å². The molecule has 0 spiro atoms. The number of hydrogen-bond acceptors (Lipinski definition) is 4. The van der Waals surface area contributed by atoms with Crippen molar-refractivity contribution in [2.75, 3.05) is 11.5 Å². The van der Waals surface area contributed by atoms with Gasteiger partial charge in [0.15, 0.2) is 9.84 Å². The summed E-state index contributed by atoms with van der Waals surface area (Å²) in [4.78, 5) is -0.707. The second-order valence-electron chi connectivity index (χ2n) is 2.97. The minimum Gasteiger partial charge on any atom is -0.285 e. The molecule has 0 aliphatic carbocycles. The lowest BCUT2D eigenvalue weighted by Crippen LogP contribution is -2.41. The highest BCUT2D eigenvalue weighted by Crippen LogP contribution is 2.24. The summed E-state index contributed by atoms with van der Waals surface area (Å²) in [6.07, 6.45) is -0.0446. The van der Waals surface area contributed by atoms with Crippen molar-refractivity contribution >= 4 is 35.9 Å². The largest absolute Gasteiger partial charge is 0.285 e. The quantitative estimate of drug-likeness (QED) is 0.535. The highest BCUT2D eigenvalue weighted by atomic mass is 79.9. The molecule has 1 fully saturated rings. The maximum atomic E-state index is 11.0. The number of hydrogen-bond donors (Lipinski definition) is 1. The Bertz CT molecular complexity index is 383. The van der Waals surface area contributed by atoms with Gasteiger partial charge in [-0.15, -0.1) is 0 Å². The van der Waals surface area contributed by atoms with Gasteiger partial charge in [-0.2, -0.15) is 8.42 Å². The van der Waals surface area contributed by atoms with Crippen molar-refractivity contribution in [3.63, 3.8) is 0 Å². The minimum atomic E-state index is -4.14. The molecule has 2 unspecified atom stereocenters. The van der Waals surface area contributed by atoms with Gasteiger partial charge in [-0.25, -0.2) is 8.42 Å². The third-order valence-electron chi connectivity index (χ3n) is 1.91. The zero-order valence-electron chi connectivity index (χ0n) is 6.55. The second kappa shape index (κ2) is 3.48. The van der Waals surface area contributed by atoms with Crippen molar-refractivity contribution in [3.8, 4) is 0 Å². The van der Waals surface area contributed by atoms with Gasteiger partial charge >= 0.3 is 0 Å². The van der Waals surface area contributed by atoms with Gasteiger partial charge in [0, 0.05) is 4.83 Å². The van der Waals surface area contributed by atoms with Crippen LogP contribution in [0, 0.1) is 0 Å². The molecule has 1 rings (SSSR count). The highest BCUT2D eigenvalue weighted by molar-refractivity contribution is 9.09. The molecule has 1 N–H and O–H groups in total. The lowest BCUT2D eigenvalue weighted by Gasteiger charge is -2.24. The van der Waals surface area contributed by atoms with Gasteiger partial charge < -0.3 is 0 Å². The van der Waals surface area contributed by atoms with Gasteiger partial charge in [0.2, 0.25) is 0 Å². The molecule has 0 aromatic rings. The second-order valence-corrected chi connectivity index (χ2v) is 8.01. The van der Waals surface area contributed by atoms with E-state index < -0.39 is 30.0 Å². The van der Waals surface area contributed by atoms with Crippen LogP contribution in [0.2, 0.25) is 0 Å². The molecular weight excluding hydrogens is 284 g/mol. The summed E-state index contributed by atoms with van der Waals surface area (Å²) in [7, 11) is -7.28. The van der Waals surface area contributed by atoms with Gasteiger partial charge in [0.1, 0.15) is 5.25 Å². The predicted molar refractivity (Wildman–Crippen MR) is 51.3 cm³/mol. The van der Waals surface area contributed by atoms with E-state index in [9.17, 15) is 16.8 Å². The van der Waals surface area contributed by atoms with E-state index >= 15 is 0 Å². The molecule has 5 nitrogen and oxygen atoms in total. The van der Waals surface area contributed by atoms with Gasteiger partial charge in [0.25, 0.3) is 10.1 Å². The van der Waals surface area contributed by atoms with Crippen LogP contribution in [0.1, 0.15) is 6.42 Å². The van der Waals surface area contributed by atoms with E-state index in [1.54, 1.807) is 0 Å². The van der Waals surface area contributed by atoms with E-state index in [-0.39, 0.29) is 17.9 Å². The molecule has 8 heteroatoms. The van der Waals surface area contributed by atoms with Crippen LogP contribution in [0.25, 0.3) is 0 Å². The molecule has 78 valence electrons.